The molecular weight excluding hydrogens is 709 g/mol. The smallest absolute Gasteiger partial charge is 0.0159 e. The van der Waals surface area contributed by atoms with Gasteiger partial charge < -0.3 is 0 Å². The minimum Gasteiger partial charge on any atom is -0.0622 e. The van der Waals surface area contributed by atoms with E-state index in [1.165, 1.54) is 121 Å². The number of hydrogen-bond donors (Lipinski definition) is 0. The van der Waals surface area contributed by atoms with E-state index in [4.69, 9.17) is 0 Å². The van der Waals surface area contributed by atoms with Crippen LogP contribution in [0.1, 0.15) is 25.0 Å². The molecule has 0 N–H and O–H groups in total. The highest BCUT2D eigenvalue weighted by Crippen LogP contribution is 2.55. The molecule has 0 fully saturated rings. The average Bonchev–Trinajstić information content (AvgIpc) is 3.53. The van der Waals surface area contributed by atoms with E-state index in [0.29, 0.717) is 0 Å². The summed E-state index contributed by atoms with van der Waals surface area (Å²) in [6, 6.07) is 77.0. The molecule has 0 spiro atoms. The fourth-order valence-corrected chi connectivity index (χ4v) is 10.5. The van der Waals surface area contributed by atoms with Crippen LogP contribution < -0.4 is 0 Å². The fraction of sp³-hybridized carbons (Fsp3) is 0.0508. The van der Waals surface area contributed by atoms with Crippen LogP contribution in [-0.4, -0.2) is 0 Å². The molecule has 0 bridgehead atoms. The van der Waals surface area contributed by atoms with Crippen molar-refractivity contribution in [2.45, 2.75) is 19.3 Å². The average molecular weight is 749 g/mol. The van der Waals surface area contributed by atoms with Gasteiger partial charge in [0.2, 0.25) is 0 Å². The van der Waals surface area contributed by atoms with E-state index in [-0.39, 0.29) is 5.41 Å². The second-order valence-electron chi connectivity index (χ2n) is 16.7. The molecule has 0 heteroatoms. The number of hydrogen-bond acceptors (Lipinski definition) is 0. The molecule has 0 radical (unpaired) electrons. The van der Waals surface area contributed by atoms with Crippen molar-refractivity contribution in [3.8, 4) is 55.6 Å². The van der Waals surface area contributed by atoms with Crippen LogP contribution in [0.3, 0.4) is 0 Å². The molecule has 276 valence electrons. The standard InChI is InChI=1S/C59H40/c1-59(2)54-31-17-16-30-50(54)58-46-27-13-11-25-44(46)53(36-55(58)59)57-48-29-15-14-28-47(48)56(45-26-12-8-21-40(45)37-18-4-3-5-19-37)49-33-32-39(35-52(49)57)51-34-38-20-6-7-22-41(38)42-23-9-10-24-43(42)51/h3-36H,1-2H3. The Morgan fingerprint density at radius 2 is 0.763 bits per heavy atom. The fourth-order valence-electron chi connectivity index (χ4n) is 10.5. The largest absolute Gasteiger partial charge is 0.0622 e. The Balaban J connectivity index is 1.25. The van der Waals surface area contributed by atoms with Crippen LogP contribution in [0.2, 0.25) is 0 Å². The van der Waals surface area contributed by atoms with E-state index < -0.39 is 0 Å². The molecule has 0 nitrogen and oxygen atoms in total. The van der Waals surface area contributed by atoms with Crippen LogP contribution in [0.25, 0.3) is 109 Å². The summed E-state index contributed by atoms with van der Waals surface area (Å²) in [5.41, 5.74) is 15.4. The Bertz CT molecular complexity index is 3510. The summed E-state index contributed by atoms with van der Waals surface area (Å²) < 4.78 is 0. The van der Waals surface area contributed by atoms with E-state index in [0.717, 1.165) is 0 Å². The van der Waals surface area contributed by atoms with Gasteiger partial charge in [-0.1, -0.05) is 202 Å². The number of rotatable bonds is 4. The van der Waals surface area contributed by atoms with Crippen LogP contribution in [-0.2, 0) is 5.41 Å². The Hall–Kier alpha value is -7.28. The molecule has 0 amide bonds. The molecule has 0 aliphatic heterocycles. The van der Waals surface area contributed by atoms with Gasteiger partial charge in [0.25, 0.3) is 0 Å². The molecule has 0 heterocycles. The third-order valence-corrected chi connectivity index (χ3v) is 13.2. The Labute approximate surface area is 344 Å². The van der Waals surface area contributed by atoms with Crippen molar-refractivity contribution in [2.75, 3.05) is 0 Å². The molecule has 1 aliphatic carbocycles. The first kappa shape index (κ1) is 33.8. The van der Waals surface area contributed by atoms with Gasteiger partial charge in [0.15, 0.2) is 0 Å². The van der Waals surface area contributed by atoms with Gasteiger partial charge in [0, 0.05) is 5.41 Å². The normalized spacial score (nSPS) is 13.1. The first-order valence-electron chi connectivity index (χ1n) is 20.8. The topological polar surface area (TPSA) is 0 Å². The van der Waals surface area contributed by atoms with Gasteiger partial charge in [-0.25, -0.2) is 0 Å². The maximum absolute atomic E-state index is 2.55. The lowest BCUT2D eigenvalue weighted by atomic mass is 9.78. The van der Waals surface area contributed by atoms with Crippen LogP contribution >= 0.6 is 0 Å². The predicted octanol–water partition coefficient (Wildman–Crippen LogP) is 16.4. The van der Waals surface area contributed by atoms with Crippen molar-refractivity contribution in [3.05, 3.63) is 217 Å². The molecule has 0 saturated heterocycles. The monoisotopic (exact) mass is 748 g/mol. The molecule has 11 aromatic rings. The molecule has 59 heavy (non-hydrogen) atoms. The molecule has 12 rings (SSSR count). The third kappa shape index (κ3) is 4.96. The SMILES string of the molecule is CC1(C)c2ccccc2-c2c1cc(-c1c3ccccc3c(-c3ccccc3-c3ccccc3)c3ccc(-c4cc5ccccc5c5ccccc45)cc13)c1ccccc21. The van der Waals surface area contributed by atoms with Crippen molar-refractivity contribution in [1.82, 2.24) is 0 Å². The maximum Gasteiger partial charge on any atom is 0.0159 e. The van der Waals surface area contributed by atoms with Gasteiger partial charge in [0.1, 0.15) is 0 Å². The molecule has 1 aliphatic rings. The Morgan fingerprint density at radius 1 is 0.254 bits per heavy atom. The second kappa shape index (κ2) is 12.9. The summed E-state index contributed by atoms with van der Waals surface area (Å²) in [4.78, 5) is 0. The van der Waals surface area contributed by atoms with E-state index >= 15 is 0 Å². The highest BCUT2D eigenvalue weighted by atomic mass is 14.4. The highest BCUT2D eigenvalue weighted by Gasteiger charge is 2.37. The first-order valence-corrected chi connectivity index (χ1v) is 20.8. The van der Waals surface area contributed by atoms with E-state index in [9.17, 15) is 0 Å². The van der Waals surface area contributed by atoms with Gasteiger partial charge in [-0.3, -0.25) is 0 Å². The zero-order valence-corrected chi connectivity index (χ0v) is 33.1. The van der Waals surface area contributed by atoms with Gasteiger partial charge in [-0.05, 0) is 139 Å². The summed E-state index contributed by atoms with van der Waals surface area (Å²) in [7, 11) is 0. The van der Waals surface area contributed by atoms with Crippen molar-refractivity contribution >= 4 is 53.9 Å². The lowest BCUT2D eigenvalue weighted by Crippen LogP contribution is -2.15. The maximum atomic E-state index is 2.55. The molecule has 0 atom stereocenters. The van der Waals surface area contributed by atoms with Crippen molar-refractivity contribution in [3.63, 3.8) is 0 Å². The van der Waals surface area contributed by atoms with Crippen LogP contribution in [0.4, 0.5) is 0 Å². The quantitative estimate of drug-likeness (QED) is 0.124. The van der Waals surface area contributed by atoms with Crippen LogP contribution in [0.5, 0.6) is 0 Å². The summed E-state index contributed by atoms with van der Waals surface area (Å²) in [5, 5.41) is 12.7. The Kier molecular flexibility index (Phi) is 7.38. The molecule has 0 aromatic heterocycles. The van der Waals surface area contributed by atoms with Crippen molar-refractivity contribution in [1.29, 1.82) is 0 Å². The summed E-state index contributed by atoms with van der Waals surface area (Å²) in [5.74, 6) is 0. The van der Waals surface area contributed by atoms with Gasteiger partial charge in [-0.2, -0.15) is 0 Å². The Morgan fingerprint density at radius 3 is 1.49 bits per heavy atom. The minimum absolute atomic E-state index is 0.153. The van der Waals surface area contributed by atoms with E-state index in [1.54, 1.807) is 0 Å². The minimum atomic E-state index is -0.153. The number of benzene rings is 11. The molecule has 11 aromatic carbocycles. The summed E-state index contributed by atoms with van der Waals surface area (Å²) in [6.07, 6.45) is 0. The van der Waals surface area contributed by atoms with Crippen LogP contribution in [0, 0.1) is 0 Å². The second-order valence-corrected chi connectivity index (χ2v) is 16.7. The molecule has 0 saturated carbocycles. The van der Waals surface area contributed by atoms with Gasteiger partial charge in [-0.15, -0.1) is 0 Å². The zero-order valence-electron chi connectivity index (χ0n) is 33.1. The van der Waals surface area contributed by atoms with E-state index in [1.807, 2.05) is 0 Å². The van der Waals surface area contributed by atoms with Gasteiger partial charge in [0.05, 0.1) is 0 Å². The number of fused-ring (bicyclic) bond motifs is 10. The highest BCUT2D eigenvalue weighted by molar-refractivity contribution is 6.26. The molecule has 0 unspecified atom stereocenters. The predicted molar refractivity (Wildman–Crippen MR) is 253 cm³/mol. The van der Waals surface area contributed by atoms with E-state index in [2.05, 4.69) is 220 Å². The first-order chi connectivity index (χ1) is 29.1. The van der Waals surface area contributed by atoms with Crippen molar-refractivity contribution in [2.24, 2.45) is 0 Å². The zero-order chi connectivity index (χ0) is 39.2. The lowest BCUT2D eigenvalue weighted by molar-refractivity contribution is 0.661. The van der Waals surface area contributed by atoms with Crippen LogP contribution in [0.15, 0.2) is 206 Å². The van der Waals surface area contributed by atoms with Crippen molar-refractivity contribution < 1.29 is 0 Å². The molecular formula is C59H40. The third-order valence-electron chi connectivity index (χ3n) is 13.2. The lowest BCUT2D eigenvalue weighted by Gasteiger charge is -2.25. The summed E-state index contributed by atoms with van der Waals surface area (Å²) in [6.45, 7) is 4.80. The summed E-state index contributed by atoms with van der Waals surface area (Å²) >= 11 is 0. The van der Waals surface area contributed by atoms with Gasteiger partial charge >= 0.3 is 0 Å².